The van der Waals surface area contributed by atoms with Crippen molar-refractivity contribution in [2.45, 2.75) is 129 Å². The number of carbonyl (C=O) groups is 3. The second kappa shape index (κ2) is 25.2. The summed E-state index contributed by atoms with van der Waals surface area (Å²) in [6, 6.07) is 0. The quantitative estimate of drug-likeness (QED) is 0.0688. The van der Waals surface area contributed by atoms with Gasteiger partial charge in [-0.2, -0.15) is 0 Å². The number of aliphatic hydroxyl groups is 1. The van der Waals surface area contributed by atoms with Crippen LogP contribution >= 0.6 is 0 Å². The predicted molar refractivity (Wildman–Crippen MR) is 141 cm³/mol. The van der Waals surface area contributed by atoms with Crippen LogP contribution in [0.2, 0.25) is 0 Å². The Hall–Kier alpha value is -1.95. The van der Waals surface area contributed by atoms with Gasteiger partial charge in [-0.25, -0.2) is 0 Å². The number of hydrogen-bond acceptors (Lipinski definition) is 6. The van der Waals surface area contributed by atoms with Crippen LogP contribution in [0.25, 0.3) is 0 Å². The molecule has 0 fully saturated rings. The van der Waals surface area contributed by atoms with E-state index in [2.05, 4.69) is 19.9 Å². The molecule has 1 N–H and O–H groups in total. The summed E-state index contributed by atoms with van der Waals surface area (Å²) in [6.45, 7) is 3.85. The molecule has 0 spiro atoms. The van der Waals surface area contributed by atoms with Gasteiger partial charge < -0.3 is 14.6 Å². The molecule has 0 amide bonds. The fourth-order valence-electron chi connectivity index (χ4n) is 3.53. The Morgan fingerprint density at radius 1 is 0.714 bits per heavy atom. The van der Waals surface area contributed by atoms with Crippen LogP contribution in [0, 0.1) is 0 Å². The molecule has 0 aromatic heterocycles. The lowest BCUT2D eigenvalue weighted by molar-refractivity contribution is -0.161. The Balaban J connectivity index is 3.72. The minimum Gasteiger partial charge on any atom is -0.462 e. The Morgan fingerprint density at radius 2 is 1.29 bits per heavy atom. The molecule has 0 aliphatic rings. The molecule has 0 rings (SSSR count). The maximum absolute atomic E-state index is 11.9. The van der Waals surface area contributed by atoms with Crippen LogP contribution in [-0.4, -0.2) is 42.1 Å². The molecule has 0 saturated carbocycles. The first-order chi connectivity index (χ1) is 17.0. The Labute approximate surface area is 213 Å². The lowest BCUT2D eigenvalue weighted by Crippen LogP contribution is -2.28. The summed E-state index contributed by atoms with van der Waals surface area (Å²) in [7, 11) is 0. The first-order valence-corrected chi connectivity index (χ1v) is 13.8. The lowest BCUT2D eigenvalue weighted by Gasteiger charge is -2.15. The van der Waals surface area contributed by atoms with Crippen molar-refractivity contribution >= 4 is 17.7 Å². The van der Waals surface area contributed by atoms with Gasteiger partial charge in [0.05, 0.1) is 6.61 Å². The highest BCUT2D eigenvalue weighted by molar-refractivity contribution is 5.89. The molecule has 0 saturated heterocycles. The summed E-state index contributed by atoms with van der Waals surface area (Å²) in [4.78, 5) is 35.6. The first kappa shape index (κ1) is 33.0. The van der Waals surface area contributed by atoms with E-state index < -0.39 is 6.10 Å². The number of ketones is 1. The molecule has 0 aliphatic carbocycles. The molecule has 0 unspecified atom stereocenters. The fourth-order valence-corrected chi connectivity index (χ4v) is 3.53. The van der Waals surface area contributed by atoms with Gasteiger partial charge in [-0.15, -0.1) is 0 Å². The molecule has 0 aromatic rings. The van der Waals surface area contributed by atoms with Crippen molar-refractivity contribution in [2.24, 2.45) is 0 Å². The smallest absolute Gasteiger partial charge is 0.306 e. The van der Waals surface area contributed by atoms with Gasteiger partial charge >= 0.3 is 11.9 Å². The number of ether oxygens (including phenoxy) is 2. The normalized spacial score (nSPS) is 12.3. The third-order valence-electron chi connectivity index (χ3n) is 5.72. The van der Waals surface area contributed by atoms with Crippen molar-refractivity contribution in [3.63, 3.8) is 0 Å². The van der Waals surface area contributed by atoms with Gasteiger partial charge in [-0.05, 0) is 38.2 Å². The van der Waals surface area contributed by atoms with Gasteiger partial charge in [0, 0.05) is 19.3 Å². The molecule has 0 aromatic carbocycles. The monoisotopic (exact) mass is 494 g/mol. The molecule has 0 heterocycles. The summed E-state index contributed by atoms with van der Waals surface area (Å²) >= 11 is 0. The summed E-state index contributed by atoms with van der Waals surface area (Å²) in [5.41, 5.74) is 0. The number of rotatable bonds is 24. The lowest BCUT2D eigenvalue weighted by atomic mass is 10.1. The number of carbonyl (C=O) groups excluding carboxylic acids is 3. The number of esters is 2. The largest absolute Gasteiger partial charge is 0.462 e. The Bertz CT molecular complexity index is 596. The van der Waals surface area contributed by atoms with Gasteiger partial charge in [0.15, 0.2) is 11.9 Å². The highest BCUT2D eigenvalue weighted by Crippen LogP contribution is 2.10. The van der Waals surface area contributed by atoms with Crippen molar-refractivity contribution in [1.29, 1.82) is 0 Å². The zero-order valence-corrected chi connectivity index (χ0v) is 22.3. The molecule has 6 heteroatoms. The van der Waals surface area contributed by atoms with Crippen LogP contribution in [0.3, 0.4) is 0 Å². The predicted octanol–water partition coefficient (Wildman–Crippen LogP) is 6.79. The van der Waals surface area contributed by atoms with E-state index in [-0.39, 0.29) is 30.9 Å². The summed E-state index contributed by atoms with van der Waals surface area (Å²) < 4.78 is 10.3. The van der Waals surface area contributed by atoms with Gasteiger partial charge in [0.2, 0.25) is 0 Å². The van der Waals surface area contributed by atoms with E-state index in [9.17, 15) is 19.5 Å². The minimum atomic E-state index is -0.801. The Kier molecular flexibility index (Phi) is 23.8. The first-order valence-electron chi connectivity index (χ1n) is 13.8. The molecule has 202 valence electrons. The van der Waals surface area contributed by atoms with E-state index in [4.69, 9.17) is 9.47 Å². The van der Waals surface area contributed by atoms with Crippen LogP contribution in [0.15, 0.2) is 24.3 Å². The maximum Gasteiger partial charge on any atom is 0.306 e. The number of aliphatic hydroxyl groups excluding tert-OH is 1. The molecule has 1 atom stereocenters. The molecule has 6 nitrogen and oxygen atoms in total. The van der Waals surface area contributed by atoms with E-state index in [1.165, 1.54) is 25.7 Å². The van der Waals surface area contributed by atoms with E-state index in [1.807, 2.05) is 12.2 Å². The van der Waals surface area contributed by atoms with Crippen molar-refractivity contribution in [2.75, 3.05) is 13.2 Å². The average Bonchev–Trinajstić information content (AvgIpc) is 2.85. The topological polar surface area (TPSA) is 89.9 Å². The molecular formula is C29H50O6. The van der Waals surface area contributed by atoms with Gasteiger partial charge in [-0.1, -0.05) is 89.9 Å². The third-order valence-corrected chi connectivity index (χ3v) is 5.72. The number of allylic oxidation sites excluding steroid dienone is 4. The highest BCUT2D eigenvalue weighted by Gasteiger charge is 2.16. The van der Waals surface area contributed by atoms with E-state index in [0.29, 0.717) is 19.3 Å². The van der Waals surface area contributed by atoms with Gasteiger partial charge in [0.25, 0.3) is 0 Å². The van der Waals surface area contributed by atoms with Crippen molar-refractivity contribution in [1.82, 2.24) is 0 Å². The number of unbranched alkanes of at least 4 members (excludes halogenated alkanes) is 11. The molecule has 0 aliphatic heterocycles. The number of hydrogen-bond donors (Lipinski definition) is 1. The maximum atomic E-state index is 11.9. The van der Waals surface area contributed by atoms with Crippen LogP contribution in [0.4, 0.5) is 0 Å². The summed E-state index contributed by atoms with van der Waals surface area (Å²) in [5, 5.41) is 9.37. The molecule has 0 bridgehead atoms. The zero-order valence-electron chi connectivity index (χ0n) is 22.3. The van der Waals surface area contributed by atoms with Gasteiger partial charge in [0.1, 0.15) is 6.61 Å². The van der Waals surface area contributed by atoms with E-state index >= 15 is 0 Å². The van der Waals surface area contributed by atoms with Crippen molar-refractivity contribution in [3.8, 4) is 0 Å². The van der Waals surface area contributed by atoms with E-state index in [0.717, 1.165) is 64.2 Å². The average molecular weight is 495 g/mol. The molecule has 35 heavy (non-hydrogen) atoms. The third kappa shape index (κ3) is 23.6. The van der Waals surface area contributed by atoms with E-state index in [1.54, 1.807) is 6.08 Å². The Morgan fingerprint density at radius 3 is 1.94 bits per heavy atom. The van der Waals surface area contributed by atoms with Crippen LogP contribution < -0.4 is 0 Å². The minimum absolute atomic E-state index is 0.111. The standard InChI is InChI=1S/C29H50O6/c1-3-5-7-9-10-13-16-20-26(31)21-17-14-11-15-18-22-28(32)34-25-27(24-30)35-29(33)23-19-12-8-6-4-2/h10,13,16,20,27,30H,3-9,11-12,14-15,17-19,21-25H2,1-2H3/b13-10-,20-16+/t27-/m0/s1. The molecule has 0 radical (unpaired) electrons. The zero-order chi connectivity index (χ0) is 26.0. The fraction of sp³-hybridized carbons (Fsp3) is 0.759. The van der Waals surface area contributed by atoms with Crippen LogP contribution in [0.1, 0.15) is 123 Å². The van der Waals surface area contributed by atoms with Crippen LogP contribution in [-0.2, 0) is 23.9 Å². The second-order valence-corrected chi connectivity index (χ2v) is 9.16. The van der Waals surface area contributed by atoms with Crippen molar-refractivity contribution < 1.29 is 29.0 Å². The van der Waals surface area contributed by atoms with Gasteiger partial charge in [-0.3, -0.25) is 14.4 Å². The SMILES string of the molecule is CCCCC/C=C\C=C\C(=O)CCCCCCCC(=O)OC[C@H](CO)OC(=O)CCCCCCC. The van der Waals surface area contributed by atoms with Crippen molar-refractivity contribution in [3.05, 3.63) is 24.3 Å². The summed E-state index contributed by atoms with van der Waals surface area (Å²) in [6.07, 6.45) is 22.2. The summed E-state index contributed by atoms with van der Waals surface area (Å²) in [5.74, 6) is -0.547. The molecular weight excluding hydrogens is 444 g/mol. The second-order valence-electron chi connectivity index (χ2n) is 9.16. The highest BCUT2D eigenvalue weighted by atomic mass is 16.6. The van der Waals surface area contributed by atoms with Crippen LogP contribution in [0.5, 0.6) is 0 Å².